The highest BCUT2D eigenvalue weighted by molar-refractivity contribution is 8.00. The minimum absolute atomic E-state index is 0.0214. The number of rotatable bonds is 2. The minimum atomic E-state index is -0.0214. The molecule has 2 aliphatic rings. The summed E-state index contributed by atoms with van der Waals surface area (Å²) in [6.07, 6.45) is 3.21. The van der Waals surface area contributed by atoms with Crippen LogP contribution in [-0.2, 0) is 0 Å². The van der Waals surface area contributed by atoms with E-state index in [0.29, 0.717) is 12.1 Å². The molecule has 1 saturated carbocycles. The Bertz CT molecular complexity index is 159. The summed E-state index contributed by atoms with van der Waals surface area (Å²) in [5, 5.41) is 13.5. The van der Waals surface area contributed by atoms with Gasteiger partial charge in [0.2, 0.25) is 0 Å². The Labute approximate surface area is 78.1 Å². The van der Waals surface area contributed by atoms with Crippen LogP contribution in [0.3, 0.4) is 0 Å². The second kappa shape index (κ2) is 3.56. The topological polar surface area (TPSA) is 32.3 Å². The number of aliphatic hydroxyl groups is 1. The summed E-state index contributed by atoms with van der Waals surface area (Å²) in [5.41, 5.74) is 0. The molecular weight excluding hydrogens is 170 g/mol. The largest absolute Gasteiger partial charge is 0.393 e. The zero-order chi connectivity index (χ0) is 8.55. The summed E-state index contributed by atoms with van der Waals surface area (Å²) in [7, 11) is 0. The summed E-state index contributed by atoms with van der Waals surface area (Å²) in [4.78, 5) is 0. The van der Waals surface area contributed by atoms with Gasteiger partial charge in [-0.15, -0.1) is 0 Å². The Kier molecular flexibility index (Phi) is 2.63. The molecule has 12 heavy (non-hydrogen) atoms. The normalized spacial score (nSPS) is 47.5. The van der Waals surface area contributed by atoms with E-state index in [9.17, 15) is 0 Å². The fraction of sp³-hybridized carbons (Fsp3) is 1.00. The Balaban J connectivity index is 1.72. The molecule has 0 amide bonds. The van der Waals surface area contributed by atoms with Crippen LogP contribution >= 0.6 is 11.8 Å². The van der Waals surface area contributed by atoms with Crippen LogP contribution in [0.25, 0.3) is 0 Å². The van der Waals surface area contributed by atoms with Crippen molar-refractivity contribution in [1.29, 1.82) is 0 Å². The monoisotopic (exact) mass is 187 g/mol. The van der Waals surface area contributed by atoms with Gasteiger partial charge in [-0.3, -0.25) is 0 Å². The molecule has 2 rings (SSSR count). The van der Waals surface area contributed by atoms with Crippen LogP contribution in [-0.4, -0.2) is 34.3 Å². The summed E-state index contributed by atoms with van der Waals surface area (Å²) in [6, 6.07) is 1.30. The fourth-order valence-electron chi connectivity index (χ4n) is 1.98. The molecule has 0 aromatic heterocycles. The molecule has 2 fully saturated rings. The van der Waals surface area contributed by atoms with Crippen molar-refractivity contribution in [3.63, 3.8) is 0 Å². The van der Waals surface area contributed by atoms with Crippen LogP contribution < -0.4 is 5.32 Å². The zero-order valence-corrected chi connectivity index (χ0v) is 8.31. The van der Waals surface area contributed by atoms with Crippen molar-refractivity contribution in [2.45, 2.75) is 49.6 Å². The molecule has 2 N–H and O–H groups in total. The lowest BCUT2D eigenvalue weighted by atomic mass is 9.88. The van der Waals surface area contributed by atoms with Crippen molar-refractivity contribution in [3.05, 3.63) is 0 Å². The van der Waals surface area contributed by atoms with Crippen LogP contribution in [0, 0.1) is 0 Å². The highest BCUT2D eigenvalue weighted by atomic mass is 32.2. The first-order valence-electron chi connectivity index (χ1n) is 4.81. The molecule has 2 atom stereocenters. The van der Waals surface area contributed by atoms with E-state index in [-0.39, 0.29) is 6.10 Å². The van der Waals surface area contributed by atoms with Gasteiger partial charge in [-0.25, -0.2) is 0 Å². The number of hydrogen-bond acceptors (Lipinski definition) is 3. The lowest BCUT2D eigenvalue weighted by Gasteiger charge is -2.35. The highest BCUT2D eigenvalue weighted by Gasteiger charge is 2.32. The second-order valence-corrected chi connectivity index (χ2v) is 5.45. The highest BCUT2D eigenvalue weighted by Crippen LogP contribution is 2.29. The van der Waals surface area contributed by atoms with Crippen molar-refractivity contribution in [3.8, 4) is 0 Å². The van der Waals surface area contributed by atoms with Gasteiger partial charge in [0.15, 0.2) is 0 Å². The molecule has 0 bridgehead atoms. The second-order valence-electron chi connectivity index (χ2n) is 3.96. The predicted molar refractivity (Wildman–Crippen MR) is 52.5 cm³/mol. The van der Waals surface area contributed by atoms with E-state index in [4.69, 9.17) is 5.11 Å². The third-order valence-electron chi connectivity index (χ3n) is 2.94. The van der Waals surface area contributed by atoms with Gasteiger partial charge >= 0.3 is 0 Å². The van der Waals surface area contributed by atoms with Crippen LogP contribution in [0.2, 0.25) is 0 Å². The minimum Gasteiger partial charge on any atom is -0.393 e. The number of hydrogen-bond donors (Lipinski definition) is 2. The van der Waals surface area contributed by atoms with E-state index >= 15 is 0 Å². The average Bonchev–Trinajstić information content (AvgIpc) is 2.33. The van der Waals surface area contributed by atoms with Gasteiger partial charge in [-0.2, -0.15) is 11.8 Å². The molecule has 1 heterocycles. The smallest absolute Gasteiger partial charge is 0.0570 e. The van der Waals surface area contributed by atoms with E-state index in [1.54, 1.807) is 0 Å². The van der Waals surface area contributed by atoms with Gasteiger partial charge in [-0.05, 0) is 25.0 Å². The van der Waals surface area contributed by atoms with Crippen molar-refractivity contribution >= 4 is 11.8 Å². The zero-order valence-electron chi connectivity index (χ0n) is 7.49. The Morgan fingerprint density at radius 1 is 1.42 bits per heavy atom. The molecule has 70 valence electrons. The number of aliphatic hydroxyl groups excluding tert-OH is 1. The molecule has 0 aromatic carbocycles. The van der Waals surface area contributed by atoms with Crippen LogP contribution in [0.4, 0.5) is 0 Å². The van der Waals surface area contributed by atoms with Gasteiger partial charge < -0.3 is 10.4 Å². The molecule has 0 spiro atoms. The molecule has 1 saturated heterocycles. The van der Waals surface area contributed by atoms with E-state index in [1.807, 2.05) is 0 Å². The third-order valence-corrected chi connectivity index (χ3v) is 4.26. The van der Waals surface area contributed by atoms with Crippen LogP contribution in [0.1, 0.15) is 26.2 Å². The standard InChI is InChI=1S/C9H17NOS/c1-6-9(2-3-12-6)10-7-4-8(11)5-7/h6-11H,2-5H2,1H3. The third kappa shape index (κ3) is 1.78. The number of nitrogens with one attached hydrogen (secondary N) is 1. The van der Waals surface area contributed by atoms with E-state index in [2.05, 4.69) is 24.0 Å². The van der Waals surface area contributed by atoms with Crippen molar-refractivity contribution in [2.75, 3.05) is 5.75 Å². The Hall–Kier alpha value is 0.270. The molecule has 2 nitrogen and oxygen atoms in total. The van der Waals surface area contributed by atoms with Crippen LogP contribution in [0.5, 0.6) is 0 Å². The lowest BCUT2D eigenvalue weighted by molar-refractivity contribution is 0.0579. The average molecular weight is 187 g/mol. The van der Waals surface area contributed by atoms with Gasteiger partial charge in [-0.1, -0.05) is 6.92 Å². The maximum Gasteiger partial charge on any atom is 0.0570 e. The predicted octanol–water partition coefficient (Wildman–Crippen LogP) is 0.993. The van der Waals surface area contributed by atoms with E-state index < -0.39 is 0 Å². The summed E-state index contributed by atoms with van der Waals surface area (Å²) >= 11 is 2.06. The van der Waals surface area contributed by atoms with Gasteiger partial charge in [0.05, 0.1) is 6.10 Å². The molecule has 3 heteroatoms. The first-order valence-corrected chi connectivity index (χ1v) is 5.86. The van der Waals surface area contributed by atoms with E-state index in [1.165, 1.54) is 12.2 Å². The van der Waals surface area contributed by atoms with Crippen molar-refractivity contribution in [2.24, 2.45) is 0 Å². The number of thioether (sulfide) groups is 1. The van der Waals surface area contributed by atoms with Gasteiger partial charge in [0.25, 0.3) is 0 Å². The maximum absolute atomic E-state index is 9.11. The molecule has 1 aliphatic heterocycles. The van der Waals surface area contributed by atoms with Crippen molar-refractivity contribution in [1.82, 2.24) is 5.32 Å². The lowest BCUT2D eigenvalue weighted by Crippen LogP contribution is -2.50. The Morgan fingerprint density at radius 2 is 2.17 bits per heavy atom. The summed E-state index contributed by atoms with van der Waals surface area (Å²) in [5.74, 6) is 1.30. The molecule has 0 aromatic rings. The fourth-order valence-corrected chi connectivity index (χ4v) is 3.19. The first-order chi connectivity index (χ1) is 5.75. The van der Waals surface area contributed by atoms with Crippen molar-refractivity contribution < 1.29 is 5.11 Å². The molecule has 0 radical (unpaired) electrons. The maximum atomic E-state index is 9.11. The summed E-state index contributed by atoms with van der Waals surface area (Å²) < 4.78 is 0. The van der Waals surface area contributed by atoms with E-state index in [0.717, 1.165) is 18.1 Å². The quantitative estimate of drug-likeness (QED) is 0.676. The molecular formula is C9H17NOS. The SMILES string of the molecule is CC1SCCC1NC1CC(O)C1. The summed E-state index contributed by atoms with van der Waals surface area (Å²) in [6.45, 7) is 2.30. The molecule has 2 unspecified atom stereocenters. The Morgan fingerprint density at radius 3 is 2.67 bits per heavy atom. The first kappa shape index (κ1) is 8.85. The van der Waals surface area contributed by atoms with Crippen LogP contribution in [0.15, 0.2) is 0 Å². The van der Waals surface area contributed by atoms with Gasteiger partial charge in [0, 0.05) is 17.3 Å². The van der Waals surface area contributed by atoms with Gasteiger partial charge in [0.1, 0.15) is 0 Å². The molecule has 1 aliphatic carbocycles.